The third-order valence-corrected chi connectivity index (χ3v) is 7.65. The highest BCUT2D eigenvalue weighted by Crippen LogP contribution is 2.50. The van der Waals surface area contributed by atoms with Gasteiger partial charge in [0.05, 0.1) is 24.5 Å². The Kier molecular flexibility index (Phi) is 4.98. The number of fused-ring (bicyclic) bond motifs is 2. The zero-order chi connectivity index (χ0) is 23.5. The fourth-order valence-corrected chi connectivity index (χ4v) is 6.10. The van der Waals surface area contributed by atoms with Gasteiger partial charge in [-0.2, -0.15) is 13.2 Å². The normalized spacial score (nSPS) is 26.0. The van der Waals surface area contributed by atoms with Gasteiger partial charge in [0.15, 0.2) is 5.69 Å². The largest absolute Gasteiger partial charge is 0.446 e. The number of piperazine rings is 1. The number of aromatic nitrogens is 2. The lowest BCUT2D eigenvalue weighted by molar-refractivity contribution is -0.141. The number of ether oxygens (including phenoxy) is 1. The molecule has 0 N–H and O–H groups in total. The van der Waals surface area contributed by atoms with E-state index < -0.39 is 11.9 Å². The molecule has 10 heteroatoms. The van der Waals surface area contributed by atoms with Crippen molar-refractivity contribution in [1.29, 1.82) is 0 Å². The molecule has 1 spiro atoms. The number of hydrogen-bond donors (Lipinski definition) is 0. The van der Waals surface area contributed by atoms with E-state index in [1.54, 1.807) is 4.90 Å². The minimum atomic E-state index is -4.50. The van der Waals surface area contributed by atoms with E-state index in [4.69, 9.17) is 4.74 Å². The fourth-order valence-electron chi connectivity index (χ4n) is 6.10. The molecule has 4 aliphatic rings. The maximum atomic E-state index is 12.8. The van der Waals surface area contributed by atoms with Gasteiger partial charge in [-0.25, -0.2) is 14.8 Å². The molecule has 0 radical (unpaired) electrons. The number of rotatable bonds is 4. The van der Waals surface area contributed by atoms with E-state index >= 15 is 0 Å². The Balaban J connectivity index is 0.963. The topological polar surface area (TPSA) is 61.8 Å². The van der Waals surface area contributed by atoms with Crippen molar-refractivity contribution >= 4 is 11.9 Å². The summed E-state index contributed by atoms with van der Waals surface area (Å²) in [4.78, 5) is 26.4. The van der Waals surface area contributed by atoms with E-state index in [2.05, 4.69) is 39.1 Å². The second kappa shape index (κ2) is 7.83. The van der Waals surface area contributed by atoms with Crippen molar-refractivity contribution in [2.24, 2.45) is 5.41 Å². The first-order valence-corrected chi connectivity index (χ1v) is 11.7. The van der Waals surface area contributed by atoms with Crippen molar-refractivity contribution in [2.45, 2.75) is 50.2 Å². The predicted molar refractivity (Wildman–Crippen MR) is 117 cm³/mol. The SMILES string of the molecule is O=C(OC1CC2(C1)CN(Cc1ccccc1)C2)N1C[C@@H]2C[C@H]1CN2c1cnc(C(F)(F)F)cn1. The summed E-state index contributed by atoms with van der Waals surface area (Å²) in [5, 5.41) is 0. The van der Waals surface area contributed by atoms with Gasteiger partial charge >= 0.3 is 12.3 Å². The van der Waals surface area contributed by atoms with Gasteiger partial charge in [-0.3, -0.25) is 4.90 Å². The molecule has 3 saturated heterocycles. The van der Waals surface area contributed by atoms with Crippen LogP contribution in [0.2, 0.25) is 0 Å². The standard InChI is InChI=1S/C24H26F3N5O2/c25-24(26,27)20-9-29-21(10-28-20)31-12-18-6-17(31)13-32(18)22(33)34-19-7-23(8-19)14-30(15-23)11-16-4-2-1-3-5-16/h1-5,9-10,17-19H,6-8,11-15H2/t17-,18-/m0/s1. The van der Waals surface area contributed by atoms with Crippen LogP contribution in [0.25, 0.3) is 0 Å². The molecule has 6 rings (SSSR count). The van der Waals surface area contributed by atoms with E-state index in [-0.39, 0.29) is 24.3 Å². The van der Waals surface area contributed by atoms with Crippen LogP contribution in [0.1, 0.15) is 30.5 Å². The highest BCUT2D eigenvalue weighted by atomic mass is 19.4. The molecule has 34 heavy (non-hydrogen) atoms. The Hall–Kier alpha value is -2.88. The zero-order valence-corrected chi connectivity index (χ0v) is 18.6. The van der Waals surface area contributed by atoms with Gasteiger partial charge in [0.25, 0.3) is 0 Å². The van der Waals surface area contributed by atoms with Crippen molar-refractivity contribution < 1.29 is 22.7 Å². The molecule has 2 atom stereocenters. The molecule has 1 aliphatic carbocycles. The first-order valence-electron chi connectivity index (χ1n) is 11.7. The van der Waals surface area contributed by atoms with E-state index in [0.29, 0.717) is 24.3 Å². The Morgan fingerprint density at radius 2 is 1.82 bits per heavy atom. The number of likely N-dealkylation sites (tertiary alicyclic amines) is 2. The predicted octanol–water partition coefficient (Wildman–Crippen LogP) is 3.56. The Morgan fingerprint density at radius 1 is 1.06 bits per heavy atom. The van der Waals surface area contributed by atoms with Crippen molar-refractivity contribution in [3.63, 3.8) is 0 Å². The molecule has 180 valence electrons. The molecular weight excluding hydrogens is 447 g/mol. The monoisotopic (exact) mass is 473 g/mol. The average molecular weight is 473 g/mol. The number of alkyl halides is 3. The molecule has 1 saturated carbocycles. The van der Waals surface area contributed by atoms with Gasteiger partial charge in [-0.1, -0.05) is 30.3 Å². The van der Waals surface area contributed by atoms with Crippen molar-refractivity contribution in [1.82, 2.24) is 19.8 Å². The first-order chi connectivity index (χ1) is 16.3. The zero-order valence-electron chi connectivity index (χ0n) is 18.6. The van der Waals surface area contributed by atoms with Gasteiger partial charge in [0.2, 0.25) is 0 Å². The molecule has 1 aromatic carbocycles. The van der Waals surface area contributed by atoms with Gasteiger partial charge in [-0.15, -0.1) is 0 Å². The molecule has 1 aromatic heterocycles. The Labute approximate surface area is 195 Å². The van der Waals surface area contributed by atoms with Gasteiger partial charge < -0.3 is 14.5 Å². The summed E-state index contributed by atoms with van der Waals surface area (Å²) >= 11 is 0. The van der Waals surface area contributed by atoms with Gasteiger partial charge in [0, 0.05) is 38.1 Å². The highest BCUT2D eigenvalue weighted by molar-refractivity contribution is 5.70. The number of halogens is 3. The third kappa shape index (κ3) is 3.87. The minimum Gasteiger partial charge on any atom is -0.446 e. The lowest BCUT2D eigenvalue weighted by Crippen LogP contribution is -2.64. The molecule has 1 amide bonds. The average Bonchev–Trinajstić information content (AvgIpc) is 3.37. The number of amides is 1. The van der Waals surface area contributed by atoms with Crippen LogP contribution in [-0.2, 0) is 17.5 Å². The van der Waals surface area contributed by atoms with E-state index in [1.165, 1.54) is 11.8 Å². The molecular formula is C24H26F3N5O2. The van der Waals surface area contributed by atoms with Crippen molar-refractivity contribution in [3.8, 4) is 0 Å². The van der Waals surface area contributed by atoms with Crippen molar-refractivity contribution in [3.05, 3.63) is 54.0 Å². The van der Waals surface area contributed by atoms with Crippen LogP contribution < -0.4 is 4.90 Å². The summed E-state index contributed by atoms with van der Waals surface area (Å²) in [5.41, 5.74) is 0.612. The lowest BCUT2D eigenvalue weighted by Gasteiger charge is -2.58. The number of nitrogens with zero attached hydrogens (tertiary/aromatic N) is 5. The Bertz CT molecular complexity index is 1050. The molecule has 0 unspecified atom stereocenters. The number of anilines is 1. The summed E-state index contributed by atoms with van der Waals surface area (Å²) in [7, 11) is 0. The minimum absolute atomic E-state index is 0.0132. The maximum absolute atomic E-state index is 12.8. The molecule has 4 heterocycles. The van der Waals surface area contributed by atoms with Crippen molar-refractivity contribution in [2.75, 3.05) is 31.1 Å². The number of benzene rings is 1. The van der Waals surface area contributed by atoms with Crippen LogP contribution in [0, 0.1) is 5.41 Å². The second-order valence-corrected chi connectivity index (χ2v) is 10.2. The third-order valence-electron chi connectivity index (χ3n) is 7.65. The second-order valence-electron chi connectivity index (χ2n) is 10.2. The van der Waals surface area contributed by atoms with Crippen LogP contribution in [0.3, 0.4) is 0 Å². The smallest absolute Gasteiger partial charge is 0.434 e. The highest BCUT2D eigenvalue weighted by Gasteiger charge is 2.54. The first kappa shape index (κ1) is 21.6. The Morgan fingerprint density at radius 3 is 2.44 bits per heavy atom. The molecule has 7 nitrogen and oxygen atoms in total. The van der Waals surface area contributed by atoms with E-state index in [0.717, 1.165) is 45.1 Å². The van der Waals surface area contributed by atoms with Gasteiger partial charge in [-0.05, 0) is 24.8 Å². The summed E-state index contributed by atoms with van der Waals surface area (Å²) in [5.74, 6) is 0.416. The maximum Gasteiger partial charge on any atom is 0.434 e. The van der Waals surface area contributed by atoms with Crippen LogP contribution in [-0.4, -0.2) is 70.2 Å². The van der Waals surface area contributed by atoms with Crippen LogP contribution in [0.5, 0.6) is 0 Å². The van der Waals surface area contributed by atoms with Crippen LogP contribution in [0.15, 0.2) is 42.7 Å². The molecule has 2 aromatic rings. The van der Waals surface area contributed by atoms with E-state index in [1.807, 2.05) is 11.0 Å². The van der Waals surface area contributed by atoms with Crippen LogP contribution in [0.4, 0.5) is 23.8 Å². The quantitative estimate of drug-likeness (QED) is 0.677. The number of carbonyl (C=O) groups is 1. The fraction of sp³-hybridized carbons (Fsp3) is 0.542. The summed E-state index contributed by atoms with van der Waals surface area (Å²) in [6.07, 6.45) is -0.274. The van der Waals surface area contributed by atoms with Gasteiger partial charge in [0.1, 0.15) is 11.9 Å². The summed E-state index contributed by atoms with van der Waals surface area (Å²) in [6.45, 7) is 4.09. The molecule has 2 bridgehead atoms. The number of carbonyl (C=O) groups excluding carboxylic acids is 1. The lowest BCUT2D eigenvalue weighted by atomic mass is 9.61. The number of hydrogen-bond acceptors (Lipinski definition) is 6. The molecule has 4 fully saturated rings. The summed E-state index contributed by atoms with van der Waals surface area (Å²) in [6, 6.07) is 10.4. The molecule has 3 aliphatic heterocycles. The van der Waals surface area contributed by atoms with E-state index in [9.17, 15) is 18.0 Å². The van der Waals surface area contributed by atoms with Crippen LogP contribution >= 0.6 is 0 Å². The summed E-state index contributed by atoms with van der Waals surface area (Å²) < 4.78 is 44.0.